The Balaban J connectivity index is 1.62. The first kappa shape index (κ1) is 19.3. The third-order valence-corrected chi connectivity index (χ3v) is 6.36. The van der Waals surface area contributed by atoms with Crippen LogP contribution in [0.3, 0.4) is 0 Å². The molecule has 0 bridgehead atoms. The van der Waals surface area contributed by atoms with E-state index >= 15 is 0 Å². The Bertz CT molecular complexity index is 843. The zero-order valence-electron chi connectivity index (χ0n) is 15.1. The van der Waals surface area contributed by atoms with Crippen molar-refractivity contribution in [1.29, 1.82) is 0 Å². The highest BCUT2D eigenvalue weighted by atomic mass is 32.2. The largest absolute Gasteiger partial charge is 0.494 e. The van der Waals surface area contributed by atoms with Crippen molar-refractivity contribution < 1.29 is 22.7 Å². The fourth-order valence-electron chi connectivity index (χ4n) is 2.97. The summed E-state index contributed by atoms with van der Waals surface area (Å²) in [5, 5.41) is 3.81. The molecule has 2 heterocycles. The summed E-state index contributed by atoms with van der Waals surface area (Å²) in [4.78, 5) is 25.3. The van der Waals surface area contributed by atoms with Gasteiger partial charge in [-0.2, -0.15) is 9.41 Å². The summed E-state index contributed by atoms with van der Waals surface area (Å²) in [6.07, 6.45) is 0.534. The summed E-state index contributed by atoms with van der Waals surface area (Å²) in [5.74, 6) is 0.151. The maximum absolute atomic E-state index is 12.8. The first-order chi connectivity index (χ1) is 12.9. The third kappa shape index (κ3) is 4.28. The molecule has 3 rings (SSSR count). The van der Waals surface area contributed by atoms with Gasteiger partial charge in [0.1, 0.15) is 11.5 Å². The van der Waals surface area contributed by atoms with Crippen molar-refractivity contribution in [3.05, 3.63) is 24.3 Å². The van der Waals surface area contributed by atoms with Gasteiger partial charge in [0.25, 0.3) is 5.91 Å². The van der Waals surface area contributed by atoms with Crippen LogP contribution in [0.5, 0.6) is 5.75 Å². The summed E-state index contributed by atoms with van der Waals surface area (Å²) < 4.78 is 32.3. The van der Waals surface area contributed by atoms with E-state index in [1.54, 1.807) is 17.0 Å². The van der Waals surface area contributed by atoms with Crippen molar-refractivity contribution in [2.45, 2.75) is 24.7 Å². The molecule has 0 aromatic heterocycles. The lowest BCUT2D eigenvalue weighted by Crippen LogP contribution is -2.52. The average Bonchev–Trinajstić information content (AvgIpc) is 2.69. The van der Waals surface area contributed by atoms with Crippen molar-refractivity contribution in [2.75, 3.05) is 32.8 Å². The van der Waals surface area contributed by atoms with Gasteiger partial charge in [-0.3, -0.25) is 9.59 Å². The van der Waals surface area contributed by atoms with Crippen LogP contribution in [0.4, 0.5) is 0 Å². The molecular formula is C17H22N4O5S. The molecule has 0 unspecified atom stereocenters. The Morgan fingerprint density at radius 2 is 1.81 bits per heavy atom. The average molecular weight is 394 g/mol. The molecule has 1 aromatic rings. The van der Waals surface area contributed by atoms with E-state index in [2.05, 4.69) is 10.5 Å². The Morgan fingerprint density at radius 1 is 1.15 bits per heavy atom. The molecule has 2 amide bonds. The van der Waals surface area contributed by atoms with Gasteiger partial charge in [0.2, 0.25) is 15.9 Å². The molecular weight excluding hydrogens is 372 g/mol. The van der Waals surface area contributed by atoms with Gasteiger partial charge in [-0.15, -0.1) is 0 Å². The number of ether oxygens (including phenoxy) is 1. The van der Waals surface area contributed by atoms with E-state index in [9.17, 15) is 18.0 Å². The van der Waals surface area contributed by atoms with Crippen molar-refractivity contribution >= 4 is 27.5 Å². The summed E-state index contributed by atoms with van der Waals surface area (Å²) in [5.41, 5.74) is 2.61. The van der Waals surface area contributed by atoms with Gasteiger partial charge in [-0.25, -0.2) is 13.8 Å². The van der Waals surface area contributed by atoms with Gasteiger partial charge in [-0.1, -0.05) is 0 Å². The molecule has 2 aliphatic rings. The second kappa shape index (κ2) is 8.05. The van der Waals surface area contributed by atoms with E-state index in [1.165, 1.54) is 16.4 Å². The van der Waals surface area contributed by atoms with Crippen molar-refractivity contribution in [1.82, 2.24) is 14.6 Å². The normalized spacial score (nSPS) is 18.6. The number of hydrogen-bond donors (Lipinski definition) is 1. The number of carbonyl (C=O) groups excluding carboxylic acids is 2. The standard InChI is InChI=1S/C17H22N4O5S/c1-2-26-13-3-5-14(6-4-13)27(24,25)21-11-9-20(10-12-21)17(23)15-7-8-16(22)19-18-15/h3-6H,2,7-12H2,1H3,(H,19,22). The zero-order chi connectivity index (χ0) is 19.4. The Hall–Kier alpha value is -2.46. The van der Waals surface area contributed by atoms with E-state index in [0.717, 1.165) is 0 Å². The second-order valence-corrected chi connectivity index (χ2v) is 8.13. The highest BCUT2D eigenvalue weighted by molar-refractivity contribution is 7.89. The van der Waals surface area contributed by atoms with Crippen LogP contribution >= 0.6 is 0 Å². The van der Waals surface area contributed by atoms with Crippen molar-refractivity contribution in [3.8, 4) is 5.75 Å². The second-order valence-electron chi connectivity index (χ2n) is 6.19. The SMILES string of the molecule is CCOc1ccc(S(=O)(=O)N2CCN(C(=O)C3=NNC(=O)CC3)CC2)cc1. The number of carbonyl (C=O) groups is 2. The third-order valence-electron chi connectivity index (χ3n) is 4.45. The smallest absolute Gasteiger partial charge is 0.270 e. The maximum atomic E-state index is 12.8. The summed E-state index contributed by atoms with van der Waals surface area (Å²) in [7, 11) is -3.62. The van der Waals surface area contributed by atoms with E-state index in [1.807, 2.05) is 6.92 Å². The molecule has 1 saturated heterocycles. The molecule has 0 radical (unpaired) electrons. The van der Waals surface area contributed by atoms with Gasteiger partial charge in [0.15, 0.2) is 0 Å². The van der Waals surface area contributed by atoms with E-state index in [4.69, 9.17) is 4.74 Å². The van der Waals surface area contributed by atoms with Crippen LogP contribution < -0.4 is 10.2 Å². The predicted molar refractivity (Wildman–Crippen MR) is 97.8 cm³/mol. The Kier molecular flexibility index (Phi) is 5.76. The number of hydrazone groups is 1. The Morgan fingerprint density at radius 3 is 2.37 bits per heavy atom. The molecule has 27 heavy (non-hydrogen) atoms. The van der Waals surface area contributed by atoms with Crippen LogP contribution in [0.15, 0.2) is 34.3 Å². The van der Waals surface area contributed by atoms with Crippen LogP contribution in [0.2, 0.25) is 0 Å². The van der Waals surface area contributed by atoms with Crippen LogP contribution in [-0.2, 0) is 19.6 Å². The molecule has 2 aliphatic heterocycles. The quantitative estimate of drug-likeness (QED) is 0.767. The van der Waals surface area contributed by atoms with Crippen LogP contribution in [-0.4, -0.2) is 67.9 Å². The molecule has 9 nitrogen and oxygen atoms in total. The minimum Gasteiger partial charge on any atom is -0.494 e. The number of amides is 2. The fraction of sp³-hybridized carbons (Fsp3) is 0.471. The van der Waals surface area contributed by atoms with Crippen molar-refractivity contribution in [3.63, 3.8) is 0 Å². The minimum atomic E-state index is -3.62. The minimum absolute atomic E-state index is 0.199. The van der Waals surface area contributed by atoms with E-state index in [-0.39, 0.29) is 49.3 Å². The lowest BCUT2D eigenvalue weighted by molar-refractivity contribution is -0.125. The number of benzene rings is 1. The fourth-order valence-corrected chi connectivity index (χ4v) is 4.39. The monoisotopic (exact) mass is 394 g/mol. The number of nitrogens with zero attached hydrogens (tertiary/aromatic N) is 3. The topological polar surface area (TPSA) is 108 Å². The summed E-state index contributed by atoms with van der Waals surface area (Å²) in [6.45, 7) is 3.35. The number of rotatable bonds is 5. The van der Waals surface area contributed by atoms with Crippen LogP contribution in [0.1, 0.15) is 19.8 Å². The zero-order valence-corrected chi connectivity index (χ0v) is 15.9. The lowest BCUT2D eigenvalue weighted by atomic mass is 10.1. The van der Waals surface area contributed by atoms with Gasteiger partial charge < -0.3 is 9.64 Å². The molecule has 0 atom stereocenters. The van der Waals surface area contributed by atoms with Crippen molar-refractivity contribution in [2.24, 2.45) is 5.10 Å². The predicted octanol–water partition coefficient (Wildman–Crippen LogP) is 0.184. The van der Waals surface area contributed by atoms with Gasteiger partial charge >= 0.3 is 0 Å². The molecule has 0 saturated carbocycles. The highest BCUT2D eigenvalue weighted by Crippen LogP contribution is 2.21. The molecule has 0 spiro atoms. The first-order valence-electron chi connectivity index (χ1n) is 8.79. The summed E-state index contributed by atoms with van der Waals surface area (Å²) in [6, 6.07) is 6.31. The number of sulfonamides is 1. The lowest BCUT2D eigenvalue weighted by Gasteiger charge is -2.34. The molecule has 1 fully saturated rings. The molecule has 0 aliphatic carbocycles. The maximum Gasteiger partial charge on any atom is 0.270 e. The molecule has 10 heteroatoms. The van der Waals surface area contributed by atoms with E-state index in [0.29, 0.717) is 24.5 Å². The molecule has 146 valence electrons. The molecule has 1 N–H and O–H groups in total. The van der Waals surface area contributed by atoms with Gasteiger partial charge in [0, 0.05) is 39.0 Å². The summed E-state index contributed by atoms with van der Waals surface area (Å²) >= 11 is 0. The van der Waals surface area contributed by atoms with Crippen LogP contribution in [0, 0.1) is 0 Å². The molecule has 1 aromatic carbocycles. The Labute approximate surface area is 158 Å². The van der Waals surface area contributed by atoms with Gasteiger partial charge in [0.05, 0.1) is 11.5 Å². The van der Waals surface area contributed by atoms with Gasteiger partial charge in [-0.05, 0) is 31.2 Å². The first-order valence-corrected chi connectivity index (χ1v) is 10.2. The number of nitrogens with one attached hydrogen (secondary N) is 1. The number of piperazine rings is 1. The number of hydrogen-bond acceptors (Lipinski definition) is 6. The van der Waals surface area contributed by atoms with Crippen LogP contribution in [0.25, 0.3) is 0 Å². The van der Waals surface area contributed by atoms with E-state index < -0.39 is 10.0 Å². The highest BCUT2D eigenvalue weighted by Gasteiger charge is 2.32.